The Labute approximate surface area is 140 Å². The number of hydrogen-bond acceptors (Lipinski definition) is 5. The van der Waals surface area contributed by atoms with Gasteiger partial charge in [0.1, 0.15) is 4.70 Å². The molecule has 0 unspecified atom stereocenters. The molecule has 0 atom stereocenters. The average molecular weight is 340 g/mol. The Morgan fingerprint density at radius 3 is 2.83 bits per heavy atom. The highest BCUT2D eigenvalue weighted by Gasteiger charge is 2.15. The van der Waals surface area contributed by atoms with E-state index in [2.05, 4.69) is 20.5 Å². The highest BCUT2D eigenvalue weighted by atomic mass is 32.1. The summed E-state index contributed by atoms with van der Waals surface area (Å²) in [6.07, 6.45) is 0.368. The Hall–Kier alpha value is -2.51. The summed E-state index contributed by atoms with van der Waals surface area (Å²) in [5.41, 5.74) is 2.60. The fourth-order valence-corrected chi connectivity index (χ4v) is 3.94. The molecule has 3 heterocycles. The van der Waals surface area contributed by atoms with Gasteiger partial charge in [0.25, 0.3) is 0 Å². The number of thiazole rings is 1. The summed E-state index contributed by atoms with van der Waals surface area (Å²) in [6, 6.07) is 13.9. The third-order valence-corrected chi connectivity index (χ3v) is 5.19. The zero-order chi connectivity index (χ0) is 15.6. The number of carbonyl (C=O) groups is 1. The standard InChI is InChI=1S/C16H12N4OS2/c21-12(9-11-7-4-8-22-11)17-16-18-15-14(23-16)13(19-20-15)10-5-2-1-3-6-10/h1-8H,9H2,(H2,17,18,19,20,21). The molecular formula is C16H12N4OS2. The number of nitrogens with one attached hydrogen (secondary N) is 2. The number of thiophene rings is 1. The summed E-state index contributed by atoms with van der Waals surface area (Å²) >= 11 is 3.01. The van der Waals surface area contributed by atoms with Crippen LogP contribution in [0.1, 0.15) is 4.88 Å². The zero-order valence-electron chi connectivity index (χ0n) is 11.9. The van der Waals surface area contributed by atoms with Crippen LogP contribution in [0.3, 0.4) is 0 Å². The summed E-state index contributed by atoms with van der Waals surface area (Å²) in [5, 5.41) is 12.6. The molecular weight excluding hydrogens is 328 g/mol. The summed E-state index contributed by atoms with van der Waals surface area (Å²) in [5.74, 6) is -0.0610. The highest BCUT2D eigenvalue weighted by Crippen LogP contribution is 2.33. The van der Waals surface area contributed by atoms with Crippen LogP contribution in [-0.2, 0) is 11.2 Å². The monoisotopic (exact) mass is 340 g/mol. The number of amides is 1. The molecule has 114 valence electrons. The van der Waals surface area contributed by atoms with Crippen LogP contribution < -0.4 is 5.32 Å². The van der Waals surface area contributed by atoms with Crippen molar-refractivity contribution in [1.82, 2.24) is 15.2 Å². The Morgan fingerprint density at radius 1 is 1.17 bits per heavy atom. The molecule has 4 rings (SSSR count). The van der Waals surface area contributed by atoms with Crippen molar-refractivity contribution in [2.75, 3.05) is 5.32 Å². The lowest BCUT2D eigenvalue weighted by Gasteiger charge is -1.99. The van der Waals surface area contributed by atoms with Gasteiger partial charge in [0.2, 0.25) is 5.91 Å². The summed E-state index contributed by atoms with van der Waals surface area (Å²) < 4.78 is 0.947. The van der Waals surface area contributed by atoms with Crippen LogP contribution in [0.5, 0.6) is 0 Å². The SMILES string of the molecule is O=C(Cc1cccs1)Nc1nc2n[nH]c(-c3ccccc3)c2s1. The Bertz CT molecular complexity index is 941. The number of rotatable bonds is 4. The van der Waals surface area contributed by atoms with Crippen molar-refractivity contribution in [2.24, 2.45) is 0 Å². The fourth-order valence-electron chi connectivity index (χ4n) is 2.30. The molecule has 0 saturated carbocycles. The summed E-state index contributed by atoms with van der Waals surface area (Å²) in [7, 11) is 0. The maximum Gasteiger partial charge on any atom is 0.231 e. The van der Waals surface area contributed by atoms with E-state index in [9.17, 15) is 4.79 Å². The number of H-pyrrole nitrogens is 1. The van der Waals surface area contributed by atoms with Crippen molar-refractivity contribution in [3.63, 3.8) is 0 Å². The number of benzene rings is 1. The summed E-state index contributed by atoms with van der Waals surface area (Å²) in [4.78, 5) is 17.5. The number of aromatic nitrogens is 3. The first-order valence-electron chi connectivity index (χ1n) is 7.02. The maximum absolute atomic E-state index is 12.1. The molecule has 0 aliphatic heterocycles. The predicted molar refractivity (Wildman–Crippen MR) is 93.9 cm³/mol. The van der Waals surface area contributed by atoms with Gasteiger partial charge in [-0.2, -0.15) is 10.1 Å². The van der Waals surface area contributed by atoms with Gasteiger partial charge in [0.05, 0.1) is 12.1 Å². The molecule has 7 heteroatoms. The van der Waals surface area contributed by atoms with E-state index in [0.717, 1.165) is 20.8 Å². The van der Waals surface area contributed by atoms with Crippen molar-refractivity contribution in [2.45, 2.75) is 6.42 Å². The van der Waals surface area contributed by atoms with Gasteiger partial charge in [0.15, 0.2) is 10.8 Å². The maximum atomic E-state index is 12.1. The molecule has 1 aromatic carbocycles. The first-order valence-corrected chi connectivity index (χ1v) is 8.72. The minimum absolute atomic E-state index is 0.0610. The highest BCUT2D eigenvalue weighted by molar-refractivity contribution is 7.22. The number of nitrogens with zero attached hydrogens (tertiary/aromatic N) is 2. The number of hydrogen-bond donors (Lipinski definition) is 2. The van der Waals surface area contributed by atoms with Crippen LogP contribution in [0.2, 0.25) is 0 Å². The third-order valence-electron chi connectivity index (χ3n) is 3.33. The van der Waals surface area contributed by atoms with Gasteiger partial charge in [-0.05, 0) is 11.4 Å². The molecule has 5 nitrogen and oxygen atoms in total. The molecule has 4 aromatic rings. The number of carbonyl (C=O) groups excluding carboxylic acids is 1. The lowest BCUT2D eigenvalue weighted by Crippen LogP contribution is -2.13. The first-order chi connectivity index (χ1) is 11.3. The molecule has 0 aliphatic rings. The van der Waals surface area contributed by atoms with E-state index in [1.54, 1.807) is 11.3 Å². The molecule has 0 saturated heterocycles. The number of aromatic amines is 1. The van der Waals surface area contributed by atoms with Crippen molar-refractivity contribution in [3.8, 4) is 11.3 Å². The van der Waals surface area contributed by atoms with Crippen molar-refractivity contribution in [3.05, 3.63) is 52.7 Å². The number of fused-ring (bicyclic) bond motifs is 1. The van der Waals surface area contributed by atoms with Crippen molar-refractivity contribution >= 4 is 44.1 Å². The van der Waals surface area contributed by atoms with Gasteiger partial charge in [-0.3, -0.25) is 9.89 Å². The minimum atomic E-state index is -0.0610. The summed E-state index contributed by atoms with van der Waals surface area (Å²) in [6.45, 7) is 0. The van der Waals surface area contributed by atoms with Crippen LogP contribution in [-0.4, -0.2) is 21.1 Å². The molecule has 23 heavy (non-hydrogen) atoms. The first kappa shape index (κ1) is 14.1. The van der Waals surface area contributed by atoms with E-state index in [1.165, 1.54) is 11.3 Å². The third kappa shape index (κ3) is 2.88. The molecule has 0 radical (unpaired) electrons. The van der Waals surface area contributed by atoms with Crippen molar-refractivity contribution in [1.29, 1.82) is 0 Å². The number of anilines is 1. The molecule has 2 N–H and O–H groups in total. The lowest BCUT2D eigenvalue weighted by molar-refractivity contribution is -0.115. The average Bonchev–Trinajstić information content (AvgIpc) is 3.25. The van der Waals surface area contributed by atoms with Crippen LogP contribution in [0.15, 0.2) is 47.8 Å². The van der Waals surface area contributed by atoms with E-state index in [-0.39, 0.29) is 5.91 Å². The Balaban J connectivity index is 1.58. The second-order valence-electron chi connectivity index (χ2n) is 4.94. The van der Waals surface area contributed by atoms with Gasteiger partial charge in [-0.25, -0.2) is 0 Å². The Kier molecular flexibility index (Phi) is 3.64. The molecule has 3 aromatic heterocycles. The quantitative estimate of drug-likeness (QED) is 0.591. The van der Waals surface area contributed by atoms with E-state index >= 15 is 0 Å². The fraction of sp³-hybridized carbons (Fsp3) is 0.0625. The van der Waals surface area contributed by atoms with Gasteiger partial charge < -0.3 is 5.32 Å². The van der Waals surface area contributed by atoms with E-state index in [1.807, 2.05) is 47.8 Å². The van der Waals surface area contributed by atoms with Crippen LogP contribution in [0.4, 0.5) is 5.13 Å². The minimum Gasteiger partial charge on any atom is -0.302 e. The lowest BCUT2D eigenvalue weighted by atomic mass is 10.2. The normalized spacial score (nSPS) is 11.0. The molecule has 0 spiro atoms. The Morgan fingerprint density at radius 2 is 2.04 bits per heavy atom. The van der Waals surface area contributed by atoms with Gasteiger partial charge in [-0.15, -0.1) is 11.3 Å². The zero-order valence-corrected chi connectivity index (χ0v) is 13.6. The van der Waals surface area contributed by atoms with E-state index < -0.39 is 0 Å². The largest absolute Gasteiger partial charge is 0.302 e. The van der Waals surface area contributed by atoms with E-state index in [0.29, 0.717) is 17.2 Å². The van der Waals surface area contributed by atoms with Crippen LogP contribution in [0.25, 0.3) is 21.6 Å². The van der Waals surface area contributed by atoms with Crippen molar-refractivity contribution < 1.29 is 4.79 Å². The molecule has 1 amide bonds. The van der Waals surface area contributed by atoms with Gasteiger partial charge in [-0.1, -0.05) is 47.7 Å². The van der Waals surface area contributed by atoms with Crippen LogP contribution >= 0.6 is 22.7 Å². The second kappa shape index (κ2) is 5.94. The molecule has 0 fully saturated rings. The van der Waals surface area contributed by atoms with Crippen LogP contribution in [0, 0.1) is 0 Å². The molecule has 0 bridgehead atoms. The molecule has 0 aliphatic carbocycles. The topological polar surface area (TPSA) is 70.7 Å². The smallest absolute Gasteiger partial charge is 0.231 e. The second-order valence-corrected chi connectivity index (χ2v) is 6.97. The van der Waals surface area contributed by atoms with Gasteiger partial charge in [0, 0.05) is 10.4 Å². The van der Waals surface area contributed by atoms with E-state index in [4.69, 9.17) is 0 Å². The predicted octanol–water partition coefficient (Wildman–Crippen LogP) is 3.93. The van der Waals surface area contributed by atoms with Gasteiger partial charge >= 0.3 is 0 Å².